The van der Waals surface area contributed by atoms with Crippen LogP contribution >= 0.6 is 0 Å². The molecule has 0 saturated carbocycles. The maximum absolute atomic E-state index is 12.5. The fourth-order valence-corrected chi connectivity index (χ4v) is 4.27. The van der Waals surface area contributed by atoms with Crippen LogP contribution in [0.4, 0.5) is 5.69 Å². The molecule has 1 atom stereocenters. The van der Waals surface area contributed by atoms with Crippen molar-refractivity contribution < 1.29 is 27.0 Å². The zero-order chi connectivity index (χ0) is 25.8. The van der Waals surface area contributed by atoms with Crippen molar-refractivity contribution >= 4 is 38.6 Å². The lowest BCUT2D eigenvalue weighted by atomic mass is 10.1. The van der Waals surface area contributed by atoms with E-state index < -0.39 is 21.8 Å². The highest BCUT2D eigenvalue weighted by Crippen LogP contribution is 2.23. The van der Waals surface area contributed by atoms with Crippen LogP contribution in [0.2, 0.25) is 0 Å². The molecule has 2 heterocycles. The summed E-state index contributed by atoms with van der Waals surface area (Å²) in [5.74, 6) is -0.489. The molecule has 1 unspecified atom stereocenters. The van der Waals surface area contributed by atoms with Crippen molar-refractivity contribution in [2.45, 2.75) is 37.6 Å². The Bertz CT molecular complexity index is 1400. The first-order valence-corrected chi connectivity index (χ1v) is 12.3. The van der Waals surface area contributed by atoms with Gasteiger partial charge in [0.2, 0.25) is 11.8 Å². The predicted molar refractivity (Wildman–Crippen MR) is 131 cm³/mol. The molecule has 3 aromatic rings. The van der Waals surface area contributed by atoms with E-state index in [4.69, 9.17) is 14.7 Å². The van der Waals surface area contributed by atoms with E-state index in [-0.39, 0.29) is 23.3 Å². The topological polar surface area (TPSA) is 160 Å². The summed E-state index contributed by atoms with van der Waals surface area (Å²) in [6, 6.07) is 12.1. The van der Waals surface area contributed by atoms with Crippen molar-refractivity contribution in [2.24, 2.45) is 5.73 Å². The molecule has 11 heteroatoms. The zero-order valence-corrected chi connectivity index (χ0v) is 20.2. The Morgan fingerprint density at radius 3 is 2.46 bits per heavy atom. The van der Waals surface area contributed by atoms with E-state index in [1.165, 1.54) is 23.1 Å². The van der Waals surface area contributed by atoms with E-state index in [1.54, 1.807) is 30.3 Å². The van der Waals surface area contributed by atoms with Gasteiger partial charge in [-0.2, -0.15) is 8.42 Å². The molecule has 2 aromatic carbocycles. The molecule has 1 aromatic heterocycles. The minimum atomic E-state index is -4.02. The van der Waals surface area contributed by atoms with E-state index in [0.29, 0.717) is 24.2 Å². The van der Waals surface area contributed by atoms with Gasteiger partial charge in [0.15, 0.2) is 0 Å². The normalized spacial score (nSPS) is 15.4. The lowest BCUT2D eigenvalue weighted by Gasteiger charge is -2.23. The van der Waals surface area contributed by atoms with Crippen molar-refractivity contribution in [3.63, 3.8) is 0 Å². The molecule has 1 saturated heterocycles. The van der Waals surface area contributed by atoms with Gasteiger partial charge in [-0.25, -0.2) is 4.79 Å². The van der Waals surface area contributed by atoms with Crippen molar-refractivity contribution in [3.05, 3.63) is 70.1 Å². The van der Waals surface area contributed by atoms with Crippen molar-refractivity contribution in [2.75, 3.05) is 18.4 Å². The molecule has 35 heavy (non-hydrogen) atoms. The number of rotatable bonds is 4. The second-order valence-corrected chi connectivity index (χ2v) is 9.61. The third-order valence-electron chi connectivity index (χ3n) is 5.59. The summed E-state index contributed by atoms with van der Waals surface area (Å²) in [7, 11) is -4.02. The number of benzene rings is 2. The molecule has 1 aliphatic rings. The van der Waals surface area contributed by atoms with Gasteiger partial charge >= 0.3 is 5.63 Å². The van der Waals surface area contributed by atoms with Crippen molar-refractivity contribution in [1.29, 1.82) is 0 Å². The van der Waals surface area contributed by atoms with Gasteiger partial charge in [-0.15, -0.1) is 0 Å². The molecule has 4 rings (SSSR count). The van der Waals surface area contributed by atoms with Crippen LogP contribution in [0.15, 0.2) is 62.6 Å². The molecule has 1 aliphatic heterocycles. The standard InChI is InChI=1S/C17H19N3O4.C7H8O3S/c1-10-7-16(22)24-14-8-11(4-5-12(10)14)19-17(23)13-3-2-6-20(13)15(21)9-18;1-6-2-4-7(5-3-6)11(8,9)10/h4-5,7-8,13H,2-3,6,9,18H2,1H3,(H,19,23);2-5H,1H3,(H,8,9,10). The molecule has 186 valence electrons. The second-order valence-electron chi connectivity index (χ2n) is 8.19. The third-order valence-corrected chi connectivity index (χ3v) is 6.46. The van der Waals surface area contributed by atoms with E-state index in [2.05, 4.69) is 5.32 Å². The zero-order valence-electron chi connectivity index (χ0n) is 19.4. The number of aryl methyl sites for hydroxylation is 2. The van der Waals surface area contributed by atoms with E-state index in [0.717, 1.165) is 22.9 Å². The minimum Gasteiger partial charge on any atom is -0.423 e. The van der Waals surface area contributed by atoms with Crippen molar-refractivity contribution in [3.8, 4) is 0 Å². The first-order chi connectivity index (χ1) is 16.5. The summed E-state index contributed by atoms with van der Waals surface area (Å²) in [5.41, 5.74) is 7.67. The molecule has 0 radical (unpaired) electrons. The smallest absolute Gasteiger partial charge is 0.336 e. The Balaban J connectivity index is 0.000000261. The minimum absolute atomic E-state index is 0.0666. The van der Waals surface area contributed by atoms with Crippen LogP contribution in [0.1, 0.15) is 24.0 Å². The van der Waals surface area contributed by atoms with Crippen LogP contribution in [-0.2, 0) is 19.7 Å². The van der Waals surface area contributed by atoms with E-state index in [1.807, 2.05) is 13.8 Å². The maximum atomic E-state index is 12.5. The van der Waals surface area contributed by atoms with Gasteiger partial charge in [0.25, 0.3) is 10.1 Å². The summed E-state index contributed by atoms with van der Waals surface area (Å²) in [4.78, 5) is 37.2. The number of amides is 2. The number of hydrogen-bond acceptors (Lipinski definition) is 7. The number of nitrogens with zero attached hydrogens (tertiary/aromatic N) is 1. The predicted octanol–water partition coefficient (Wildman–Crippen LogP) is 2.23. The number of carbonyl (C=O) groups excluding carboxylic acids is 2. The molecule has 2 amide bonds. The Labute approximate surface area is 202 Å². The van der Waals surface area contributed by atoms with E-state index in [9.17, 15) is 22.8 Å². The SMILES string of the molecule is Cc1cc(=O)oc2cc(NC(=O)C3CCCN3C(=O)CN)ccc12.Cc1ccc(S(=O)(=O)O)cc1. The molecule has 0 bridgehead atoms. The van der Waals surface area contributed by atoms with Gasteiger partial charge in [0.1, 0.15) is 11.6 Å². The maximum Gasteiger partial charge on any atom is 0.336 e. The lowest BCUT2D eigenvalue weighted by Crippen LogP contribution is -2.45. The quantitative estimate of drug-likeness (QED) is 0.362. The Morgan fingerprint density at radius 2 is 1.83 bits per heavy atom. The lowest BCUT2D eigenvalue weighted by molar-refractivity contribution is -0.135. The van der Waals surface area contributed by atoms with Crippen LogP contribution in [0, 0.1) is 13.8 Å². The molecular formula is C24H27N3O7S. The Hall–Kier alpha value is -3.54. The first-order valence-electron chi connectivity index (χ1n) is 10.9. The van der Waals surface area contributed by atoms with Gasteiger partial charge in [-0.05, 0) is 56.5 Å². The van der Waals surface area contributed by atoms with Gasteiger partial charge in [0.05, 0.1) is 11.4 Å². The number of fused-ring (bicyclic) bond motifs is 1. The average molecular weight is 502 g/mol. The second kappa shape index (κ2) is 10.8. The number of nitrogens with two attached hydrogens (primary N) is 1. The number of likely N-dealkylation sites (tertiary alicyclic amines) is 1. The Kier molecular flexibility index (Phi) is 8.05. The van der Waals surface area contributed by atoms with E-state index >= 15 is 0 Å². The molecule has 0 spiro atoms. The monoisotopic (exact) mass is 501 g/mol. The Morgan fingerprint density at radius 1 is 1.14 bits per heavy atom. The van der Waals surface area contributed by atoms with Crippen LogP contribution in [0.5, 0.6) is 0 Å². The van der Waals surface area contributed by atoms with Crippen molar-refractivity contribution in [1.82, 2.24) is 4.90 Å². The first kappa shape index (κ1) is 26.1. The molecular weight excluding hydrogens is 474 g/mol. The largest absolute Gasteiger partial charge is 0.423 e. The molecule has 1 fully saturated rings. The van der Waals surface area contributed by atoms with Gasteiger partial charge < -0.3 is 20.4 Å². The van der Waals surface area contributed by atoms with Crippen LogP contribution in [0.25, 0.3) is 11.0 Å². The number of anilines is 1. The summed E-state index contributed by atoms with van der Waals surface area (Å²) >= 11 is 0. The number of hydrogen-bond donors (Lipinski definition) is 3. The highest BCUT2D eigenvalue weighted by atomic mass is 32.2. The fraction of sp³-hybridized carbons (Fsp3) is 0.292. The third kappa shape index (κ3) is 6.53. The van der Waals surface area contributed by atoms with Crippen LogP contribution < -0.4 is 16.7 Å². The highest BCUT2D eigenvalue weighted by molar-refractivity contribution is 7.85. The summed E-state index contributed by atoms with van der Waals surface area (Å²) in [6.45, 7) is 4.10. The van der Waals surface area contributed by atoms with Crippen LogP contribution in [0.3, 0.4) is 0 Å². The summed E-state index contributed by atoms with van der Waals surface area (Å²) < 4.78 is 34.7. The number of carbonyl (C=O) groups is 2. The number of nitrogens with one attached hydrogen (secondary N) is 1. The average Bonchev–Trinajstić information content (AvgIpc) is 3.28. The van der Waals surface area contributed by atoms with Crippen LogP contribution in [-0.4, -0.2) is 48.8 Å². The molecule has 0 aliphatic carbocycles. The summed E-state index contributed by atoms with van der Waals surface area (Å²) in [6.07, 6.45) is 1.38. The van der Waals surface area contributed by atoms with Gasteiger partial charge in [0, 0.05) is 29.8 Å². The molecule has 10 nitrogen and oxygen atoms in total. The fourth-order valence-electron chi connectivity index (χ4n) is 3.79. The van der Waals surface area contributed by atoms with Gasteiger partial charge in [-0.3, -0.25) is 14.1 Å². The molecule has 4 N–H and O–H groups in total. The highest BCUT2D eigenvalue weighted by Gasteiger charge is 2.33. The summed E-state index contributed by atoms with van der Waals surface area (Å²) in [5, 5.41) is 3.60. The van der Waals surface area contributed by atoms with Gasteiger partial charge in [-0.1, -0.05) is 17.7 Å².